The number of aromatic nitrogens is 1. The molecule has 1 saturated heterocycles. The molecule has 162 valence electrons. The fourth-order valence-corrected chi connectivity index (χ4v) is 3.50. The first-order valence-electron chi connectivity index (χ1n) is 10.0. The number of nitrogens with one attached hydrogen (secondary N) is 2. The summed E-state index contributed by atoms with van der Waals surface area (Å²) in [5, 5.41) is 17.6. The summed E-state index contributed by atoms with van der Waals surface area (Å²) >= 11 is 0. The first kappa shape index (κ1) is 24.0. The quantitative estimate of drug-likeness (QED) is 0.181. The number of likely N-dealkylation sites (tertiary alicyclic amines) is 1. The molecule has 1 aromatic carbocycles. The van der Waals surface area contributed by atoms with E-state index in [2.05, 4.69) is 32.4 Å². The number of pyridine rings is 1. The Hall–Kier alpha value is -2.27. The molecular weight excluding hydrogens is 495 g/mol. The third-order valence-electron chi connectivity index (χ3n) is 5.14. The largest absolute Gasteiger partial charge is 0.355 e. The Morgan fingerprint density at radius 1 is 1.27 bits per heavy atom. The Morgan fingerprint density at radius 2 is 2.07 bits per heavy atom. The molecule has 0 saturated carbocycles. The number of guanidine groups is 1. The van der Waals surface area contributed by atoms with Gasteiger partial charge in [0.2, 0.25) is 0 Å². The highest BCUT2D eigenvalue weighted by molar-refractivity contribution is 14.0. The van der Waals surface area contributed by atoms with Crippen molar-refractivity contribution < 1.29 is 4.92 Å². The van der Waals surface area contributed by atoms with E-state index >= 15 is 0 Å². The van der Waals surface area contributed by atoms with Gasteiger partial charge < -0.3 is 10.6 Å². The molecule has 9 heteroatoms. The van der Waals surface area contributed by atoms with E-state index in [1.54, 1.807) is 18.3 Å². The molecule has 1 unspecified atom stereocenters. The van der Waals surface area contributed by atoms with Crippen molar-refractivity contribution in [3.63, 3.8) is 0 Å². The zero-order valence-corrected chi connectivity index (χ0v) is 19.5. The smallest absolute Gasteiger partial charge is 0.269 e. The van der Waals surface area contributed by atoms with Gasteiger partial charge in [0.25, 0.3) is 5.69 Å². The van der Waals surface area contributed by atoms with Crippen LogP contribution < -0.4 is 10.6 Å². The summed E-state index contributed by atoms with van der Waals surface area (Å²) in [6.45, 7) is 6.26. The molecule has 30 heavy (non-hydrogen) atoms. The van der Waals surface area contributed by atoms with Crippen LogP contribution in [0.3, 0.4) is 0 Å². The summed E-state index contributed by atoms with van der Waals surface area (Å²) in [7, 11) is 0. The zero-order valence-electron chi connectivity index (χ0n) is 17.2. The molecule has 0 spiro atoms. The second-order valence-corrected chi connectivity index (χ2v) is 7.07. The van der Waals surface area contributed by atoms with Crippen LogP contribution in [0.5, 0.6) is 0 Å². The summed E-state index contributed by atoms with van der Waals surface area (Å²) in [4.78, 5) is 21.9. The number of hydrogen-bond donors (Lipinski definition) is 2. The summed E-state index contributed by atoms with van der Waals surface area (Å²) < 4.78 is 0. The van der Waals surface area contributed by atoms with Gasteiger partial charge in [-0.05, 0) is 43.6 Å². The lowest BCUT2D eigenvalue weighted by molar-refractivity contribution is -0.384. The van der Waals surface area contributed by atoms with Crippen molar-refractivity contribution in [2.24, 2.45) is 4.99 Å². The maximum absolute atomic E-state index is 10.8. The number of aliphatic imine (C=N–C) groups is 1. The maximum Gasteiger partial charge on any atom is 0.269 e. The monoisotopic (exact) mass is 524 g/mol. The van der Waals surface area contributed by atoms with E-state index < -0.39 is 4.92 Å². The molecule has 1 atom stereocenters. The number of hydrogen-bond acceptors (Lipinski definition) is 5. The number of halogens is 1. The van der Waals surface area contributed by atoms with Gasteiger partial charge in [-0.2, -0.15) is 0 Å². The highest BCUT2D eigenvalue weighted by Gasteiger charge is 2.22. The number of benzene rings is 1. The average Bonchev–Trinajstić information content (AvgIpc) is 3.22. The van der Waals surface area contributed by atoms with Crippen LogP contribution in [0.15, 0.2) is 53.7 Å². The van der Waals surface area contributed by atoms with Gasteiger partial charge >= 0.3 is 0 Å². The molecule has 2 heterocycles. The molecule has 1 aromatic heterocycles. The van der Waals surface area contributed by atoms with Crippen LogP contribution in [0.25, 0.3) is 0 Å². The van der Waals surface area contributed by atoms with Gasteiger partial charge in [-0.15, -0.1) is 24.0 Å². The van der Waals surface area contributed by atoms with E-state index in [4.69, 9.17) is 0 Å². The Kier molecular flexibility index (Phi) is 9.95. The Labute approximate surface area is 194 Å². The summed E-state index contributed by atoms with van der Waals surface area (Å²) in [5.74, 6) is 0.719. The van der Waals surface area contributed by atoms with E-state index in [1.165, 1.54) is 25.0 Å². The van der Waals surface area contributed by atoms with Gasteiger partial charge in [-0.25, -0.2) is 4.99 Å². The maximum atomic E-state index is 10.8. The van der Waals surface area contributed by atoms with Gasteiger partial charge in [0.1, 0.15) is 0 Å². The van der Waals surface area contributed by atoms with Crippen LogP contribution in [0.4, 0.5) is 5.69 Å². The number of non-ortho nitro benzene ring substituents is 1. The van der Waals surface area contributed by atoms with E-state index in [9.17, 15) is 10.1 Å². The van der Waals surface area contributed by atoms with Crippen molar-refractivity contribution in [1.29, 1.82) is 0 Å². The standard InChI is InChI=1S/C21H28N6O2.HI/c1-2-26-13-5-7-20(26)16-25-21(24-15-18-6-3-4-12-22-18)23-14-17-8-10-19(11-9-17)27(28)29;/h3-4,6,8-12,20H,2,5,7,13-16H2,1H3,(H2,23,24,25);1H. The summed E-state index contributed by atoms with van der Waals surface area (Å²) in [6.07, 6.45) is 4.20. The van der Waals surface area contributed by atoms with Crippen LogP contribution in [0, 0.1) is 10.1 Å². The Morgan fingerprint density at radius 3 is 2.73 bits per heavy atom. The van der Waals surface area contributed by atoms with Crippen LogP contribution in [0.2, 0.25) is 0 Å². The Balaban J connectivity index is 0.00000320. The number of likely N-dealkylation sites (N-methyl/N-ethyl adjacent to an activating group) is 1. The third-order valence-corrected chi connectivity index (χ3v) is 5.14. The fourth-order valence-electron chi connectivity index (χ4n) is 3.50. The molecule has 0 aliphatic carbocycles. The van der Waals surface area contributed by atoms with Gasteiger partial charge in [-0.3, -0.25) is 20.0 Å². The SMILES string of the molecule is CCN1CCCC1CNC(=NCc1ccc([N+](=O)[O-])cc1)NCc1ccccn1.I. The van der Waals surface area contributed by atoms with Crippen LogP contribution in [-0.4, -0.2) is 46.4 Å². The molecule has 0 bridgehead atoms. The lowest BCUT2D eigenvalue weighted by Crippen LogP contribution is -2.44. The van der Waals surface area contributed by atoms with E-state index in [1.807, 2.05) is 18.2 Å². The van der Waals surface area contributed by atoms with Crippen LogP contribution in [-0.2, 0) is 13.1 Å². The van der Waals surface area contributed by atoms with Gasteiger partial charge in [0.15, 0.2) is 5.96 Å². The van der Waals surface area contributed by atoms with Gasteiger partial charge in [-0.1, -0.05) is 25.1 Å². The molecule has 0 amide bonds. The van der Waals surface area contributed by atoms with Crippen molar-refractivity contribution in [3.05, 3.63) is 70.0 Å². The van der Waals surface area contributed by atoms with Crippen molar-refractivity contribution >= 4 is 35.6 Å². The molecule has 1 aliphatic heterocycles. The van der Waals surface area contributed by atoms with Crippen LogP contribution >= 0.6 is 24.0 Å². The van der Waals surface area contributed by atoms with Gasteiger partial charge in [0.05, 0.1) is 23.7 Å². The zero-order chi connectivity index (χ0) is 20.5. The number of nitrogens with zero attached hydrogens (tertiary/aromatic N) is 4. The fraction of sp³-hybridized carbons (Fsp3) is 0.429. The molecule has 3 rings (SSSR count). The molecule has 2 N–H and O–H groups in total. The van der Waals surface area contributed by atoms with E-state index in [-0.39, 0.29) is 29.7 Å². The highest BCUT2D eigenvalue weighted by atomic mass is 127. The molecule has 1 aliphatic rings. The molecule has 2 aromatic rings. The molecule has 1 fully saturated rings. The van der Waals surface area contributed by atoms with Crippen LogP contribution in [0.1, 0.15) is 31.0 Å². The lowest BCUT2D eigenvalue weighted by Gasteiger charge is -2.24. The minimum Gasteiger partial charge on any atom is -0.355 e. The second-order valence-electron chi connectivity index (χ2n) is 7.07. The van der Waals surface area contributed by atoms with E-state index in [0.29, 0.717) is 19.1 Å². The first-order valence-corrected chi connectivity index (χ1v) is 10.0. The summed E-state index contributed by atoms with van der Waals surface area (Å²) in [5.41, 5.74) is 1.95. The lowest BCUT2D eigenvalue weighted by atomic mass is 10.2. The molecular formula is C21H29IN6O2. The van der Waals surface area contributed by atoms with Crippen molar-refractivity contribution in [2.45, 2.75) is 38.9 Å². The normalized spacial score (nSPS) is 16.7. The van der Waals surface area contributed by atoms with Crippen molar-refractivity contribution in [2.75, 3.05) is 19.6 Å². The highest BCUT2D eigenvalue weighted by Crippen LogP contribution is 2.15. The molecule has 8 nitrogen and oxygen atoms in total. The second kappa shape index (κ2) is 12.4. The first-order chi connectivity index (χ1) is 14.2. The van der Waals surface area contributed by atoms with Crippen molar-refractivity contribution in [1.82, 2.24) is 20.5 Å². The van der Waals surface area contributed by atoms with Crippen molar-refractivity contribution in [3.8, 4) is 0 Å². The van der Waals surface area contributed by atoms with Gasteiger partial charge in [0, 0.05) is 30.9 Å². The third kappa shape index (κ3) is 7.21. The predicted molar refractivity (Wildman–Crippen MR) is 129 cm³/mol. The Bertz CT molecular complexity index is 816. The number of nitro groups is 1. The minimum absolute atomic E-state index is 0. The average molecular weight is 524 g/mol. The van der Waals surface area contributed by atoms with E-state index in [0.717, 1.165) is 36.9 Å². The number of rotatable bonds is 8. The topological polar surface area (TPSA) is 95.7 Å². The minimum atomic E-state index is -0.393. The number of nitro benzene ring substituents is 1. The predicted octanol–water partition coefficient (Wildman–Crippen LogP) is 3.33. The molecule has 0 radical (unpaired) electrons. The summed E-state index contributed by atoms with van der Waals surface area (Å²) in [6, 6.07) is 12.8.